The first-order valence-electron chi connectivity index (χ1n) is 10.0. The summed E-state index contributed by atoms with van der Waals surface area (Å²) in [6.07, 6.45) is 0. The fourth-order valence-electron chi connectivity index (χ4n) is 3.43. The number of nitrogens with zero attached hydrogens (tertiary/aromatic N) is 5. The van der Waals surface area contributed by atoms with E-state index in [0.717, 1.165) is 12.1 Å². The standard InChI is InChI=1S/C22H16F2N6O2S2/c1-11(18(31)26-20-25-16(10-33-20)12-7-8-14(23)15(24)9-12)34-22-28-27-21-29(2)19(32)13-5-3-4-6-17(13)30(21)22/h3-11H,1-2H3,(H,25,26,31). The van der Waals surface area contributed by atoms with Gasteiger partial charge in [0.15, 0.2) is 21.9 Å². The van der Waals surface area contributed by atoms with Crippen molar-refractivity contribution in [2.24, 2.45) is 7.05 Å². The number of aryl methyl sites for hydroxylation is 1. The number of carbonyl (C=O) groups excluding carboxylic acids is 1. The van der Waals surface area contributed by atoms with Crippen molar-refractivity contribution in [3.63, 3.8) is 0 Å². The Morgan fingerprint density at radius 1 is 1.15 bits per heavy atom. The quantitative estimate of drug-likeness (QED) is 0.367. The highest BCUT2D eigenvalue weighted by molar-refractivity contribution is 8.00. The van der Waals surface area contributed by atoms with E-state index in [1.54, 1.807) is 42.0 Å². The molecule has 0 bridgehead atoms. The normalized spacial score (nSPS) is 12.4. The molecule has 5 aromatic rings. The summed E-state index contributed by atoms with van der Waals surface area (Å²) >= 11 is 2.37. The Bertz CT molecular complexity index is 1630. The molecule has 0 aliphatic rings. The molecule has 0 fully saturated rings. The zero-order chi connectivity index (χ0) is 24.0. The van der Waals surface area contributed by atoms with Gasteiger partial charge in [-0.05, 0) is 37.3 Å². The Balaban J connectivity index is 1.38. The second-order valence-electron chi connectivity index (χ2n) is 7.42. The van der Waals surface area contributed by atoms with Crippen LogP contribution in [0.15, 0.2) is 57.8 Å². The maximum atomic E-state index is 13.5. The van der Waals surface area contributed by atoms with Crippen molar-refractivity contribution in [1.82, 2.24) is 24.1 Å². The summed E-state index contributed by atoms with van der Waals surface area (Å²) in [5.41, 5.74) is 1.30. The molecule has 0 radical (unpaired) electrons. The van der Waals surface area contributed by atoms with Gasteiger partial charge in [0.25, 0.3) is 5.56 Å². The molecule has 172 valence electrons. The number of nitrogens with one attached hydrogen (secondary N) is 1. The molecule has 1 atom stereocenters. The SMILES string of the molecule is CC(Sc1nnc2n(C)c(=O)c3ccccc3n12)C(=O)Nc1nc(-c2ccc(F)c(F)c2)cs1. The molecule has 0 saturated heterocycles. The van der Waals surface area contributed by atoms with Gasteiger partial charge in [0.1, 0.15) is 0 Å². The van der Waals surface area contributed by atoms with Gasteiger partial charge in [0.05, 0.1) is 21.8 Å². The van der Waals surface area contributed by atoms with E-state index in [0.29, 0.717) is 38.2 Å². The number of aromatic nitrogens is 5. The van der Waals surface area contributed by atoms with Gasteiger partial charge in [-0.2, -0.15) is 0 Å². The number of para-hydroxylation sites is 1. The molecule has 2 aromatic carbocycles. The van der Waals surface area contributed by atoms with Crippen LogP contribution in [0.3, 0.4) is 0 Å². The lowest BCUT2D eigenvalue weighted by Gasteiger charge is -2.11. The second kappa shape index (κ2) is 8.61. The third-order valence-electron chi connectivity index (χ3n) is 5.20. The predicted octanol–water partition coefficient (Wildman–Crippen LogP) is 4.10. The molecule has 0 aliphatic carbocycles. The van der Waals surface area contributed by atoms with Gasteiger partial charge in [-0.15, -0.1) is 21.5 Å². The molecule has 0 saturated carbocycles. The molecule has 1 unspecified atom stereocenters. The maximum absolute atomic E-state index is 13.5. The van der Waals surface area contributed by atoms with Crippen LogP contribution in [-0.4, -0.2) is 35.3 Å². The lowest BCUT2D eigenvalue weighted by atomic mass is 10.2. The molecule has 0 spiro atoms. The minimum atomic E-state index is -0.966. The fourth-order valence-corrected chi connectivity index (χ4v) is 5.00. The number of hydrogen-bond donors (Lipinski definition) is 1. The van der Waals surface area contributed by atoms with E-state index in [4.69, 9.17) is 0 Å². The number of amides is 1. The van der Waals surface area contributed by atoms with Crippen LogP contribution in [0.5, 0.6) is 0 Å². The van der Waals surface area contributed by atoms with Crippen molar-refractivity contribution in [2.75, 3.05) is 5.32 Å². The fraction of sp³-hybridized carbons (Fsp3) is 0.136. The molecule has 34 heavy (non-hydrogen) atoms. The van der Waals surface area contributed by atoms with E-state index in [-0.39, 0.29) is 11.5 Å². The van der Waals surface area contributed by atoms with Crippen molar-refractivity contribution in [1.29, 1.82) is 0 Å². The van der Waals surface area contributed by atoms with Crippen LogP contribution >= 0.6 is 23.1 Å². The third-order valence-corrected chi connectivity index (χ3v) is 7.00. The van der Waals surface area contributed by atoms with Crippen molar-refractivity contribution in [3.8, 4) is 11.3 Å². The number of benzene rings is 2. The Morgan fingerprint density at radius 2 is 1.94 bits per heavy atom. The number of carbonyl (C=O) groups is 1. The summed E-state index contributed by atoms with van der Waals surface area (Å²) < 4.78 is 29.9. The summed E-state index contributed by atoms with van der Waals surface area (Å²) in [4.78, 5) is 29.7. The number of thiazole rings is 1. The molecule has 3 heterocycles. The third kappa shape index (κ3) is 3.84. The van der Waals surface area contributed by atoms with Crippen LogP contribution < -0.4 is 10.9 Å². The molecule has 3 aromatic heterocycles. The van der Waals surface area contributed by atoms with Crippen molar-refractivity contribution >= 4 is 50.8 Å². The molecule has 12 heteroatoms. The zero-order valence-electron chi connectivity index (χ0n) is 17.8. The Hall–Kier alpha value is -3.64. The van der Waals surface area contributed by atoms with E-state index in [1.165, 1.54) is 33.7 Å². The smallest absolute Gasteiger partial charge is 0.262 e. The number of thioether (sulfide) groups is 1. The van der Waals surface area contributed by atoms with Gasteiger partial charge in [-0.25, -0.2) is 13.8 Å². The van der Waals surface area contributed by atoms with E-state index in [9.17, 15) is 18.4 Å². The maximum Gasteiger partial charge on any atom is 0.262 e. The lowest BCUT2D eigenvalue weighted by Crippen LogP contribution is -2.23. The minimum absolute atomic E-state index is 0.182. The molecule has 1 amide bonds. The number of halogens is 2. The average molecular weight is 499 g/mol. The minimum Gasteiger partial charge on any atom is -0.301 e. The summed E-state index contributed by atoms with van der Waals surface area (Å²) in [6.45, 7) is 1.72. The molecular weight excluding hydrogens is 482 g/mol. The highest BCUT2D eigenvalue weighted by Crippen LogP contribution is 2.28. The molecule has 0 aliphatic heterocycles. The van der Waals surface area contributed by atoms with Gasteiger partial charge in [-0.1, -0.05) is 23.9 Å². The van der Waals surface area contributed by atoms with Gasteiger partial charge in [0, 0.05) is 18.0 Å². The Morgan fingerprint density at radius 3 is 2.74 bits per heavy atom. The van der Waals surface area contributed by atoms with Crippen LogP contribution in [0.25, 0.3) is 27.9 Å². The van der Waals surface area contributed by atoms with E-state index in [1.807, 2.05) is 6.07 Å². The first-order valence-corrected chi connectivity index (χ1v) is 11.8. The summed E-state index contributed by atoms with van der Waals surface area (Å²) in [5, 5.41) is 13.5. The van der Waals surface area contributed by atoms with Crippen LogP contribution in [0.4, 0.5) is 13.9 Å². The monoisotopic (exact) mass is 498 g/mol. The second-order valence-corrected chi connectivity index (χ2v) is 9.58. The highest BCUT2D eigenvalue weighted by Gasteiger charge is 2.22. The van der Waals surface area contributed by atoms with Crippen LogP contribution in [0, 0.1) is 11.6 Å². The van der Waals surface area contributed by atoms with Gasteiger partial charge in [-0.3, -0.25) is 18.6 Å². The number of anilines is 1. The summed E-state index contributed by atoms with van der Waals surface area (Å²) in [7, 11) is 1.62. The van der Waals surface area contributed by atoms with Crippen molar-refractivity contribution in [2.45, 2.75) is 17.3 Å². The molecule has 5 rings (SSSR count). The Kier molecular flexibility index (Phi) is 5.62. The zero-order valence-corrected chi connectivity index (χ0v) is 19.5. The first kappa shape index (κ1) is 22.2. The van der Waals surface area contributed by atoms with Gasteiger partial charge in [0.2, 0.25) is 11.7 Å². The van der Waals surface area contributed by atoms with E-state index < -0.39 is 16.9 Å². The van der Waals surface area contributed by atoms with Gasteiger partial charge >= 0.3 is 0 Å². The number of rotatable bonds is 5. The molecule has 1 N–H and O–H groups in total. The molecular formula is C22H16F2N6O2S2. The highest BCUT2D eigenvalue weighted by atomic mass is 32.2. The summed E-state index contributed by atoms with van der Waals surface area (Å²) in [6, 6.07) is 10.6. The summed E-state index contributed by atoms with van der Waals surface area (Å²) in [5.74, 6) is -1.85. The van der Waals surface area contributed by atoms with Crippen LogP contribution in [0.2, 0.25) is 0 Å². The topological polar surface area (TPSA) is 94.2 Å². The van der Waals surface area contributed by atoms with Crippen LogP contribution in [0.1, 0.15) is 6.92 Å². The van der Waals surface area contributed by atoms with E-state index >= 15 is 0 Å². The number of hydrogen-bond acceptors (Lipinski definition) is 7. The lowest BCUT2D eigenvalue weighted by molar-refractivity contribution is -0.115. The van der Waals surface area contributed by atoms with E-state index in [2.05, 4.69) is 20.5 Å². The average Bonchev–Trinajstić information content (AvgIpc) is 3.47. The van der Waals surface area contributed by atoms with Crippen molar-refractivity contribution < 1.29 is 13.6 Å². The number of fused-ring (bicyclic) bond motifs is 3. The first-order chi connectivity index (χ1) is 16.3. The Labute approximate surface area is 199 Å². The van der Waals surface area contributed by atoms with Gasteiger partial charge < -0.3 is 5.32 Å². The predicted molar refractivity (Wildman–Crippen MR) is 127 cm³/mol. The van der Waals surface area contributed by atoms with Crippen LogP contribution in [-0.2, 0) is 11.8 Å². The molecule has 8 nitrogen and oxygen atoms in total. The van der Waals surface area contributed by atoms with Crippen molar-refractivity contribution in [3.05, 3.63) is 69.8 Å². The largest absolute Gasteiger partial charge is 0.301 e.